The fourth-order valence-corrected chi connectivity index (χ4v) is 4.54. The minimum absolute atomic E-state index is 0. The Bertz CT molecular complexity index is 847. The summed E-state index contributed by atoms with van der Waals surface area (Å²) in [4.78, 5) is 3.61. The van der Waals surface area contributed by atoms with Crippen LogP contribution in [0.5, 0.6) is 0 Å². The summed E-state index contributed by atoms with van der Waals surface area (Å²) in [5, 5.41) is 2.21. The van der Waals surface area contributed by atoms with Crippen molar-refractivity contribution in [2.45, 2.75) is 14.7 Å². The molecule has 166 valence electrons. The third kappa shape index (κ3) is 10.8. The van der Waals surface area contributed by atoms with Crippen LogP contribution in [0.4, 0.5) is 25.2 Å². The molecule has 0 radical (unpaired) electrons. The van der Waals surface area contributed by atoms with E-state index >= 15 is 0 Å². The Hall–Kier alpha value is -1.05. The van der Waals surface area contributed by atoms with Crippen molar-refractivity contribution in [1.29, 1.82) is 0 Å². The van der Waals surface area contributed by atoms with Crippen molar-refractivity contribution in [2.75, 3.05) is 0 Å². The van der Waals surface area contributed by atoms with Gasteiger partial charge in [0.25, 0.3) is 0 Å². The number of halogens is 9. The fraction of sp³-hybridized carbons (Fsp3) is 0. The van der Waals surface area contributed by atoms with E-state index in [2.05, 4.69) is 36.4 Å². The molecule has 0 saturated carbocycles. The first-order valence-electron chi connectivity index (χ1n) is 7.66. The van der Waals surface area contributed by atoms with Crippen molar-refractivity contribution in [3.63, 3.8) is 0 Å². The van der Waals surface area contributed by atoms with Crippen molar-refractivity contribution in [3.8, 4) is 0 Å². The van der Waals surface area contributed by atoms with E-state index in [1.807, 2.05) is 36.4 Å². The molecule has 0 N–H and O–H groups in total. The summed E-state index contributed by atoms with van der Waals surface area (Å²) in [7, 11) is -10.9. The molecule has 0 unspecified atom stereocenters. The molecule has 0 heterocycles. The smallest absolute Gasteiger partial charge is 0.0626 e. The molecule has 12 heteroatoms. The van der Waals surface area contributed by atoms with Gasteiger partial charge in [-0.2, -0.15) is 0 Å². The van der Waals surface area contributed by atoms with E-state index in [0.717, 1.165) is 15.1 Å². The number of benzene rings is 3. The van der Waals surface area contributed by atoms with Crippen molar-refractivity contribution >= 4 is 61.9 Å². The van der Waals surface area contributed by atoms with Gasteiger partial charge in [-0.3, -0.25) is 0 Å². The zero-order valence-corrected chi connectivity index (χ0v) is 18.2. The molecule has 0 amide bonds. The second-order valence-corrected chi connectivity index (χ2v) is 10.9. The SMILES string of the molecule is Clc1ccc([S+](c2ccc(Cl)cc2)c2ccc(Cl)cc2)cc1.F[P-](F)(F)(F)(F)F.[BH4-]. The zero-order chi connectivity index (χ0) is 21.9. The van der Waals surface area contributed by atoms with E-state index in [9.17, 15) is 25.2 Å². The fourth-order valence-electron chi connectivity index (χ4n) is 2.12. The van der Waals surface area contributed by atoms with Crippen LogP contribution in [0, 0.1) is 0 Å². The van der Waals surface area contributed by atoms with Crippen molar-refractivity contribution in [3.05, 3.63) is 87.9 Å². The van der Waals surface area contributed by atoms with Crippen LogP contribution in [0.1, 0.15) is 0 Å². The molecular weight excluding hydrogens is 510 g/mol. The second-order valence-electron chi connectivity index (χ2n) is 5.63. The van der Waals surface area contributed by atoms with Crippen LogP contribution in [0.25, 0.3) is 0 Å². The van der Waals surface area contributed by atoms with Gasteiger partial charge in [-0.05, 0) is 72.8 Å². The first-order chi connectivity index (χ1) is 13.1. The third-order valence-electron chi connectivity index (χ3n) is 3.15. The van der Waals surface area contributed by atoms with E-state index in [0.29, 0.717) is 0 Å². The maximum Gasteiger partial charge on any atom is -0.0626 e. The minimum atomic E-state index is -10.7. The Morgan fingerprint density at radius 2 is 0.633 bits per heavy atom. The molecule has 0 saturated heterocycles. The predicted molar refractivity (Wildman–Crippen MR) is 121 cm³/mol. The Morgan fingerprint density at radius 3 is 0.800 bits per heavy atom. The van der Waals surface area contributed by atoms with Gasteiger partial charge in [0, 0.05) is 15.1 Å². The molecule has 0 aliphatic heterocycles. The molecule has 3 aromatic rings. The van der Waals surface area contributed by atoms with Crippen LogP contribution in [-0.2, 0) is 10.9 Å². The second kappa shape index (κ2) is 9.21. The summed E-state index contributed by atoms with van der Waals surface area (Å²) in [6.07, 6.45) is 0. The van der Waals surface area contributed by atoms with Gasteiger partial charge in [-0.25, -0.2) is 0 Å². The van der Waals surface area contributed by atoms with E-state index in [1.54, 1.807) is 0 Å². The van der Waals surface area contributed by atoms with Crippen LogP contribution < -0.4 is 0 Å². The first kappa shape index (κ1) is 27.0. The summed E-state index contributed by atoms with van der Waals surface area (Å²) in [6.45, 7) is 0. The summed E-state index contributed by atoms with van der Waals surface area (Å²) in [5.74, 6) is 0. The van der Waals surface area contributed by atoms with Gasteiger partial charge in [-0.1, -0.05) is 43.2 Å². The standard InChI is InChI=1S/C18H12Cl3S.BH4.F6P/c19-13-1-7-16(8-2-13)22(17-9-3-14(20)4-10-17)18-11-5-15(21)6-12-18;;1-7(2,3,4,5)6/h1-12H;1H4;/q+1;2*-1. The predicted octanol–water partition coefficient (Wildman–Crippen LogP) is 8.67. The maximum atomic E-state index is 9.87. The van der Waals surface area contributed by atoms with E-state index < -0.39 is 7.81 Å². The number of rotatable bonds is 3. The van der Waals surface area contributed by atoms with Crippen molar-refractivity contribution < 1.29 is 25.2 Å². The molecular formula is C18H16BCl3F6PS-. The average molecular weight is 527 g/mol. The summed E-state index contributed by atoms with van der Waals surface area (Å²) >= 11 is 18.1. The van der Waals surface area contributed by atoms with E-state index in [-0.39, 0.29) is 19.3 Å². The van der Waals surface area contributed by atoms with Gasteiger partial charge in [0.1, 0.15) is 0 Å². The van der Waals surface area contributed by atoms with Gasteiger partial charge in [0.05, 0.1) is 10.9 Å². The van der Waals surface area contributed by atoms with Gasteiger partial charge >= 0.3 is 33.0 Å². The largest absolute Gasteiger partial charge is 0.0626 e. The van der Waals surface area contributed by atoms with Gasteiger partial charge in [0.15, 0.2) is 14.7 Å². The maximum absolute atomic E-state index is 10.7. The van der Waals surface area contributed by atoms with Gasteiger partial charge in [0.2, 0.25) is 0 Å². The van der Waals surface area contributed by atoms with Crippen LogP contribution in [0.15, 0.2) is 87.5 Å². The molecule has 0 aliphatic rings. The number of hydrogen-bond donors (Lipinski definition) is 0. The van der Waals surface area contributed by atoms with Gasteiger partial charge in [-0.15, -0.1) is 0 Å². The normalized spacial score (nSPS) is 13.4. The summed E-state index contributed by atoms with van der Waals surface area (Å²) < 4.78 is 59.2. The summed E-state index contributed by atoms with van der Waals surface area (Å²) in [5.41, 5.74) is 0. The number of hydrogen-bond acceptors (Lipinski definition) is 0. The molecule has 0 bridgehead atoms. The molecule has 0 atom stereocenters. The molecule has 0 nitrogen and oxygen atoms in total. The Labute approximate surface area is 189 Å². The van der Waals surface area contributed by atoms with Crippen LogP contribution in [-0.4, -0.2) is 8.41 Å². The molecule has 0 aliphatic carbocycles. The van der Waals surface area contributed by atoms with Crippen molar-refractivity contribution in [2.24, 2.45) is 0 Å². The molecule has 0 aromatic heterocycles. The van der Waals surface area contributed by atoms with Crippen LogP contribution >= 0.6 is 42.6 Å². The monoisotopic (exact) mass is 525 g/mol. The zero-order valence-electron chi connectivity index (χ0n) is 14.2. The topological polar surface area (TPSA) is 0 Å². The molecule has 3 rings (SSSR count). The van der Waals surface area contributed by atoms with E-state index in [4.69, 9.17) is 34.8 Å². The molecule has 0 spiro atoms. The summed E-state index contributed by atoms with van der Waals surface area (Å²) in [6, 6.07) is 23.9. The van der Waals surface area contributed by atoms with Gasteiger partial charge < -0.3 is 0 Å². The third-order valence-corrected chi connectivity index (χ3v) is 6.13. The quantitative estimate of drug-likeness (QED) is 0.139. The minimum Gasteiger partial charge on any atom is -0.0626 e. The Balaban J connectivity index is 0.000000489. The first-order valence-corrected chi connectivity index (χ1v) is 12.0. The molecule has 30 heavy (non-hydrogen) atoms. The Morgan fingerprint density at radius 1 is 0.467 bits per heavy atom. The molecule has 0 fully saturated rings. The van der Waals surface area contributed by atoms with E-state index in [1.165, 1.54) is 14.7 Å². The Kier molecular flexibility index (Phi) is 8.29. The molecule has 3 aromatic carbocycles. The average Bonchev–Trinajstić information content (AvgIpc) is 2.57. The van der Waals surface area contributed by atoms with Crippen LogP contribution in [0.2, 0.25) is 15.1 Å². The van der Waals surface area contributed by atoms with Crippen LogP contribution in [0.3, 0.4) is 0 Å². The van der Waals surface area contributed by atoms with Crippen molar-refractivity contribution in [1.82, 2.24) is 0 Å².